The van der Waals surface area contributed by atoms with Crippen LogP contribution in [-0.2, 0) is 22.1 Å². The second kappa shape index (κ2) is 11.1. The van der Waals surface area contributed by atoms with Crippen LogP contribution in [0.1, 0.15) is 55.3 Å². The van der Waals surface area contributed by atoms with Crippen LogP contribution in [-0.4, -0.2) is 65.1 Å². The van der Waals surface area contributed by atoms with E-state index in [9.17, 15) is 9.90 Å². The Kier molecular flexibility index (Phi) is 7.52. The van der Waals surface area contributed by atoms with Gasteiger partial charge < -0.3 is 29.8 Å². The van der Waals surface area contributed by atoms with Crippen molar-refractivity contribution in [3.05, 3.63) is 57.9 Å². The van der Waals surface area contributed by atoms with Crippen molar-refractivity contribution in [1.82, 2.24) is 25.2 Å². The van der Waals surface area contributed by atoms with Gasteiger partial charge in [-0.1, -0.05) is 25.3 Å². The Hall–Kier alpha value is -2.69. The summed E-state index contributed by atoms with van der Waals surface area (Å²) in [5.41, 5.74) is 3.28. The molecule has 3 N–H and O–H groups in total. The third-order valence-corrected chi connectivity index (χ3v) is 8.68. The second-order valence-corrected chi connectivity index (χ2v) is 11.3. The lowest BCUT2D eigenvalue weighted by Crippen LogP contribution is -2.51. The molecule has 1 aromatic carbocycles. The Morgan fingerprint density at radius 2 is 1.95 bits per heavy atom. The summed E-state index contributed by atoms with van der Waals surface area (Å²) in [5, 5.41) is 18.5. The molecule has 1 saturated carbocycles. The van der Waals surface area contributed by atoms with Crippen molar-refractivity contribution in [2.24, 2.45) is 13.0 Å². The molecule has 2 aromatic heterocycles. The molecule has 2 saturated heterocycles. The Balaban J connectivity index is 1.52. The third kappa shape index (κ3) is 5.02. The highest BCUT2D eigenvalue weighted by molar-refractivity contribution is 5.86. The van der Waals surface area contributed by atoms with Crippen LogP contribution in [0.15, 0.2) is 35.3 Å². The number of hydrogen-bond acceptors (Lipinski definition) is 8. The average molecular weight is 534 g/mol. The molecule has 3 unspecified atom stereocenters. The molecule has 39 heavy (non-hydrogen) atoms. The van der Waals surface area contributed by atoms with Gasteiger partial charge in [-0.25, -0.2) is 9.97 Å². The van der Waals surface area contributed by atoms with Gasteiger partial charge in [0.15, 0.2) is 11.4 Å². The fourth-order valence-corrected chi connectivity index (χ4v) is 6.54. The van der Waals surface area contributed by atoms with E-state index in [0.717, 1.165) is 40.8 Å². The largest absolute Gasteiger partial charge is 0.393 e. The first kappa shape index (κ1) is 26.5. The molecule has 0 amide bonds. The molecule has 9 heteroatoms. The summed E-state index contributed by atoms with van der Waals surface area (Å²) in [5.74, 6) is 1.01. The predicted molar refractivity (Wildman–Crippen MR) is 150 cm³/mol. The van der Waals surface area contributed by atoms with E-state index < -0.39 is 5.60 Å². The monoisotopic (exact) mass is 533 g/mol. The third-order valence-electron chi connectivity index (χ3n) is 8.68. The molecular formula is C30H39N5O4. The molecule has 9 nitrogen and oxygen atoms in total. The van der Waals surface area contributed by atoms with Gasteiger partial charge in [0.05, 0.1) is 31.0 Å². The zero-order chi connectivity index (χ0) is 27.0. The number of benzene rings is 1. The number of nitrogens with zero attached hydrogens (tertiary/aromatic N) is 3. The normalized spacial score (nSPS) is 26.6. The number of morpholine rings is 2. The second-order valence-electron chi connectivity index (χ2n) is 11.3. The lowest BCUT2D eigenvalue weighted by Gasteiger charge is -2.40. The number of fused-ring (bicyclic) bond motifs is 1. The zero-order valence-electron chi connectivity index (χ0n) is 22.9. The number of ether oxygens (including phenoxy) is 2. The highest BCUT2D eigenvalue weighted by atomic mass is 16.5. The summed E-state index contributed by atoms with van der Waals surface area (Å²) < 4.78 is 14.3. The van der Waals surface area contributed by atoms with E-state index in [-0.39, 0.29) is 24.3 Å². The quantitative estimate of drug-likeness (QED) is 0.459. The van der Waals surface area contributed by atoms with Crippen LogP contribution in [0.4, 0.5) is 0 Å². The minimum Gasteiger partial charge on any atom is -0.393 e. The van der Waals surface area contributed by atoms with E-state index in [1.54, 1.807) is 11.6 Å². The van der Waals surface area contributed by atoms with Crippen LogP contribution in [0.2, 0.25) is 0 Å². The maximum absolute atomic E-state index is 12.3. The van der Waals surface area contributed by atoms with Crippen LogP contribution < -0.4 is 16.2 Å². The van der Waals surface area contributed by atoms with E-state index in [2.05, 4.69) is 16.7 Å². The van der Waals surface area contributed by atoms with E-state index in [4.69, 9.17) is 19.4 Å². The molecule has 0 bridgehead atoms. The van der Waals surface area contributed by atoms with Crippen LogP contribution >= 0.6 is 0 Å². The van der Waals surface area contributed by atoms with Gasteiger partial charge in [-0.3, -0.25) is 4.79 Å². The van der Waals surface area contributed by atoms with Crippen molar-refractivity contribution in [2.75, 3.05) is 39.5 Å². The minimum absolute atomic E-state index is 0.000556. The number of aryl methyl sites for hydroxylation is 2. The van der Waals surface area contributed by atoms with Crippen molar-refractivity contribution in [3.8, 4) is 11.1 Å². The summed E-state index contributed by atoms with van der Waals surface area (Å²) in [6, 6.07) is 8.25. The molecule has 6 rings (SSSR count). The SMILES string of the molecule is Cc1cc(-c2ccc3nc(C4(CO)CNCCO4)nc(C4OCCNC4C4CCCCC4)c3c2)cn(C)c1=O. The number of aliphatic hydroxyl groups is 1. The Morgan fingerprint density at radius 3 is 2.69 bits per heavy atom. The minimum atomic E-state index is -1.00. The highest BCUT2D eigenvalue weighted by Crippen LogP contribution is 2.39. The van der Waals surface area contributed by atoms with Gasteiger partial charge in [-0.05, 0) is 55.0 Å². The lowest BCUT2D eigenvalue weighted by atomic mass is 9.80. The summed E-state index contributed by atoms with van der Waals surface area (Å²) in [4.78, 5) is 22.5. The van der Waals surface area contributed by atoms with Gasteiger partial charge >= 0.3 is 0 Å². The number of aromatic nitrogens is 3. The van der Waals surface area contributed by atoms with Crippen molar-refractivity contribution in [2.45, 2.75) is 56.8 Å². The average Bonchev–Trinajstić information content (AvgIpc) is 2.99. The topological polar surface area (TPSA) is 111 Å². The molecular weight excluding hydrogens is 494 g/mol. The fraction of sp³-hybridized carbons (Fsp3) is 0.567. The number of pyridine rings is 1. The first-order valence-corrected chi connectivity index (χ1v) is 14.3. The molecule has 3 aromatic rings. The molecule has 4 heterocycles. The number of rotatable bonds is 5. The number of nitrogens with one attached hydrogen (secondary N) is 2. The van der Waals surface area contributed by atoms with E-state index in [1.165, 1.54) is 32.1 Å². The van der Waals surface area contributed by atoms with Crippen LogP contribution in [0.5, 0.6) is 0 Å². The Labute approximate surface area is 229 Å². The predicted octanol–water partition coefficient (Wildman–Crippen LogP) is 2.72. The molecule has 3 atom stereocenters. The van der Waals surface area contributed by atoms with E-state index in [0.29, 0.717) is 37.1 Å². The van der Waals surface area contributed by atoms with Gasteiger partial charge in [-0.15, -0.1) is 0 Å². The maximum Gasteiger partial charge on any atom is 0.253 e. The fourth-order valence-electron chi connectivity index (χ4n) is 6.54. The molecule has 3 aliphatic rings. The van der Waals surface area contributed by atoms with Gasteiger partial charge in [0.1, 0.15) is 6.10 Å². The summed E-state index contributed by atoms with van der Waals surface area (Å²) in [7, 11) is 1.78. The number of hydrogen-bond donors (Lipinski definition) is 3. The molecule has 208 valence electrons. The smallest absolute Gasteiger partial charge is 0.253 e. The molecule has 0 radical (unpaired) electrons. The Bertz CT molecular complexity index is 1370. The van der Waals surface area contributed by atoms with Gasteiger partial charge in [0.2, 0.25) is 0 Å². The summed E-state index contributed by atoms with van der Waals surface area (Å²) in [6.07, 6.45) is 7.78. The van der Waals surface area contributed by atoms with Crippen LogP contribution in [0, 0.1) is 12.8 Å². The maximum atomic E-state index is 12.3. The van der Waals surface area contributed by atoms with Crippen molar-refractivity contribution >= 4 is 10.9 Å². The molecule has 2 aliphatic heterocycles. The van der Waals surface area contributed by atoms with E-state index in [1.807, 2.05) is 31.3 Å². The van der Waals surface area contributed by atoms with Crippen LogP contribution in [0.25, 0.3) is 22.0 Å². The van der Waals surface area contributed by atoms with Gasteiger partial charge in [0.25, 0.3) is 5.56 Å². The first-order valence-electron chi connectivity index (χ1n) is 14.3. The van der Waals surface area contributed by atoms with Crippen LogP contribution in [0.3, 0.4) is 0 Å². The highest BCUT2D eigenvalue weighted by Gasteiger charge is 2.41. The molecule has 1 aliphatic carbocycles. The van der Waals surface area contributed by atoms with E-state index >= 15 is 0 Å². The van der Waals surface area contributed by atoms with Gasteiger partial charge in [-0.2, -0.15) is 0 Å². The first-order chi connectivity index (χ1) is 19.0. The summed E-state index contributed by atoms with van der Waals surface area (Å²) >= 11 is 0. The standard InChI is InChI=1S/C30H39N5O4/c1-19-14-22(16-35(2)28(19)37)21-8-9-24-23(15-21)26(34-29(33-24)30(18-36)17-31-10-13-39-30)27-25(32-11-12-38-27)20-6-4-3-5-7-20/h8-9,14-16,20,25,27,31-32,36H,3-7,10-13,17-18H2,1-2H3. The molecule has 3 fully saturated rings. The Morgan fingerprint density at radius 1 is 1.10 bits per heavy atom. The van der Waals surface area contributed by atoms with Crippen molar-refractivity contribution in [1.29, 1.82) is 0 Å². The van der Waals surface area contributed by atoms with Crippen molar-refractivity contribution in [3.63, 3.8) is 0 Å². The molecule has 0 spiro atoms. The lowest BCUT2D eigenvalue weighted by molar-refractivity contribution is -0.108. The van der Waals surface area contributed by atoms with Gasteiger partial charge in [0, 0.05) is 49.9 Å². The summed E-state index contributed by atoms with van der Waals surface area (Å²) in [6.45, 7) is 4.71. The number of aliphatic hydroxyl groups excluding tert-OH is 1. The van der Waals surface area contributed by atoms with Crippen molar-refractivity contribution < 1.29 is 14.6 Å². The zero-order valence-corrected chi connectivity index (χ0v) is 22.9.